The van der Waals surface area contributed by atoms with E-state index in [1.165, 1.54) is 4.57 Å². The van der Waals surface area contributed by atoms with Gasteiger partial charge in [-0.3, -0.25) is 9.36 Å². The number of carbonyl (C=O) groups excluding carboxylic acids is 1. The third-order valence-electron chi connectivity index (χ3n) is 3.91. The van der Waals surface area contributed by atoms with Gasteiger partial charge in [0, 0.05) is 17.1 Å². The van der Waals surface area contributed by atoms with Crippen LogP contribution in [-0.2, 0) is 4.79 Å². The summed E-state index contributed by atoms with van der Waals surface area (Å²) in [6, 6.07) is 6.92. The second kappa shape index (κ2) is 6.13. The zero-order valence-electron chi connectivity index (χ0n) is 13.6. The molecule has 0 bridgehead atoms. The van der Waals surface area contributed by atoms with Gasteiger partial charge in [-0.2, -0.15) is 4.98 Å². The smallest absolute Gasteiger partial charge is 0.324 e. The van der Waals surface area contributed by atoms with Gasteiger partial charge in [-0.05, 0) is 57.9 Å². The molecule has 0 aliphatic heterocycles. The lowest BCUT2D eigenvalue weighted by Crippen LogP contribution is -2.34. The van der Waals surface area contributed by atoms with Crippen molar-refractivity contribution in [3.8, 4) is 0 Å². The van der Waals surface area contributed by atoms with Crippen LogP contribution >= 0.6 is 0 Å². The maximum absolute atomic E-state index is 12.5. The van der Waals surface area contributed by atoms with Crippen molar-refractivity contribution in [1.82, 2.24) is 9.55 Å². The highest BCUT2D eigenvalue weighted by atomic mass is 16.2. The predicted molar refractivity (Wildman–Crippen MR) is 87.2 cm³/mol. The lowest BCUT2D eigenvalue weighted by atomic mass is 10.1. The van der Waals surface area contributed by atoms with Crippen LogP contribution in [0.3, 0.4) is 0 Å². The highest BCUT2D eigenvalue weighted by Crippen LogP contribution is 2.19. The molecule has 1 amide bonds. The van der Waals surface area contributed by atoms with E-state index in [9.17, 15) is 9.59 Å². The molecule has 0 aliphatic carbocycles. The molecule has 5 nitrogen and oxygen atoms in total. The minimum Gasteiger partial charge on any atom is -0.324 e. The van der Waals surface area contributed by atoms with Crippen LogP contribution in [0, 0.1) is 27.7 Å². The summed E-state index contributed by atoms with van der Waals surface area (Å²) in [6.07, 6.45) is 0. The summed E-state index contributed by atoms with van der Waals surface area (Å²) >= 11 is 0. The monoisotopic (exact) mass is 299 g/mol. The van der Waals surface area contributed by atoms with Gasteiger partial charge in [0.1, 0.15) is 6.04 Å². The van der Waals surface area contributed by atoms with Crippen molar-refractivity contribution in [2.24, 2.45) is 0 Å². The zero-order valence-corrected chi connectivity index (χ0v) is 13.6. The molecule has 0 saturated carbocycles. The highest BCUT2D eigenvalue weighted by Gasteiger charge is 2.19. The number of carbonyl (C=O) groups is 1. The third kappa shape index (κ3) is 3.08. The first-order valence-electron chi connectivity index (χ1n) is 7.25. The molecule has 1 atom stereocenters. The number of hydrogen-bond acceptors (Lipinski definition) is 3. The Balaban J connectivity index is 2.31. The Bertz CT molecular complexity index is 778. The van der Waals surface area contributed by atoms with Gasteiger partial charge in [0.15, 0.2) is 0 Å². The van der Waals surface area contributed by atoms with Crippen LogP contribution in [0.15, 0.2) is 29.1 Å². The number of amides is 1. The molecule has 0 radical (unpaired) electrons. The topological polar surface area (TPSA) is 64.0 Å². The van der Waals surface area contributed by atoms with Crippen LogP contribution in [0.1, 0.15) is 35.5 Å². The molecule has 5 heteroatoms. The molecule has 0 saturated heterocycles. The first kappa shape index (κ1) is 15.9. The second-order valence-electron chi connectivity index (χ2n) is 5.60. The summed E-state index contributed by atoms with van der Waals surface area (Å²) < 4.78 is 1.41. The zero-order chi connectivity index (χ0) is 16.4. The van der Waals surface area contributed by atoms with Crippen LogP contribution in [0.2, 0.25) is 0 Å². The van der Waals surface area contributed by atoms with Gasteiger partial charge in [-0.15, -0.1) is 0 Å². The third-order valence-corrected chi connectivity index (χ3v) is 3.91. The van der Waals surface area contributed by atoms with Crippen molar-refractivity contribution in [1.29, 1.82) is 0 Å². The largest absolute Gasteiger partial charge is 0.348 e. The summed E-state index contributed by atoms with van der Waals surface area (Å²) in [4.78, 5) is 28.4. The Hall–Kier alpha value is -2.43. The summed E-state index contributed by atoms with van der Waals surface area (Å²) in [5, 5.41) is 2.89. The van der Waals surface area contributed by atoms with E-state index in [2.05, 4.69) is 10.3 Å². The molecule has 0 fully saturated rings. The molecule has 1 aromatic carbocycles. The molecule has 1 aromatic heterocycles. The van der Waals surface area contributed by atoms with Crippen molar-refractivity contribution < 1.29 is 4.79 Å². The fourth-order valence-electron chi connectivity index (χ4n) is 2.47. The number of nitrogens with zero attached hydrogens (tertiary/aromatic N) is 2. The number of aryl methyl sites for hydroxylation is 3. The number of nitrogens with one attached hydrogen (secondary N) is 1. The highest BCUT2D eigenvalue weighted by molar-refractivity contribution is 5.94. The van der Waals surface area contributed by atoms with Crippen molar-refractivity contribution in [3.05, 3.63) is 57.3 Å². The van der Waals surface area contributed by atoms with Gasteiger partial charge < -0.3 is 5.32 Å². The summed E-state index contributed by atoms with van der Waals surface area (Å²) in [6.45, 7) is 9.22. The van der Waals surface area contributed by atoms with Crippen molar-refractivity contribution in [3.63, 3.8) is 0 Å². The van der Waals surface area contributed by atoms with E-state index in [1.807, 2.05) is 32.0 Å². The van der Waals surface area contributed by atoms with Gasteiger partial charge in [0.2, 0.25) is 5.91 Å². The molecule has 2 rings (SSSR count). The normalized spacial score (nSPS) is 12.0. The van der Waals surface area contributed by atoms with E-state index in [1.54, 1.807) is 26.8 Å². The molecule has 2 aromatic rings. The van der Waals surface area contributed by atoms with E-state index in [0.717, 1.165) is 22.5 Å². The van der Waals surface area contributed by atoms with Crippen molar-refractivity contribution in [2.75, 3.05) is 5.32 Å². The first-order valence-corrected chi connectivity index (χ1v) is 7.25. The minimum atomic E-state index is -0.625. The molecule has 22 heavy (non-hydrogen) atoms. The Labute approximate surface area is 130 Å². The molecule has 116 valence electrons. The van der Waals surface area contributed by atoms with E-state index >= 15 is 0 Å². The van der Waals surface area contributed by atoms with Gasteiger partial charge in [-0.25, -0.2) is 4.79 Å². The molecule has 1 unspecified atom stereocenters. The predicted octanol–water partition coefficient (Wildman–Crippen LogP) is 2.68. The van der Waals surface area contributed by atoms with Gasteiger partial charge >= 0.3 is 5.69 Å². The fraction of sp³-hybridized carbons (Fsp3) is 0.353. The van der Waals surface area contributed by atoms with Crippen LogP contribution in [-0.4, -0.2) is 15.5 Å². The minimum absolute atomic E-state index is 0.232. The molecular weight excluding hydrogens is 278 g/mol. The molecule has 0 aliphatic rings. The molecule has 1 heterocycles. The Kier molecular flexibility index (Phi) is 4.45. The lowest BCUT2D eigenvalue weighted by Gasteiger charge is -2.18. The second-order valence-corrected chi connectivity index (χ2v) is 5.60. The first-order chi connectivity index (χ1) is 10.3. The summed E-state index contributed by atoms with van der Waals surface area (Å²) in [5.41, 5.74) is 3.87. The number of hydrogen-bond donors (Lipinski definition) is 1. The molecular formula is C17H21N3O2. The Morgan fingerprint density at radius 3 is 2.55 bits per heavy atom. The van der Waals surface area contributed by atoms with Crippen molar-refractivity contribution in [2.45, 2.75) is 40.7 Å². The van der Waals surface area contributed by atoms with Crippen LogP contribution in [0.5, 0.6) is 0 Å². The van der Waals surface area contributed by atoms with Gasteiger partial charge in [0.25, 0.3) is 0 Å². The number of rotatable bonds is 3. The van der Waals surface area contributed by atoms with E-state index in [0.29, 0.717) is 5.69 Å². The van der Waals surface area contributed by atoms with Gasteiger partial charge in [-0.1, -0.05) is 12.1 Å². The maximum atomic E-state index is 12.5. The molecule has 0 spiro atoms. The van der Waals surface area contributed by atoms with Crippen molar-refractivity contribution >= 4 is 11.6 Å². The number of anilines is 1. The lowest BCUT2D eigenvalue weighted by molar-refractivity contribution is -0.118. The average Bonchev–Trinajstić information content (AvgIpc) is 2.42. The number of benzene rings is 1. The number of aromatic nitrogens is 2. The van der Waals surface area contributed by atoms with Crippen LogP contribution in [0.4, 0.5) is 5.69 Å². The standard InChI is InChI=1S/C17H21N3O2/c1-10-7-6-8-15(13(10)4)19-16(21)14(5)20-12(3)9-11(2)18-17(20)22/h6-9,14H,1-5H3,(H,19,21). The van der Waals surface area contributed by atoms with Crippen LogP contribution < -0.4 is 11.0 Å². The molecule has 1 N–H and O–H groups in total. The Morgan fingerprint density at radius 2 is 1.91 bits per heavy atom. The maximum Gasteiger partial charge on any atom is 0.348 e. The summed E-state index contributed by atoms with van der Waals surface area (Å²) in [5.74, 6) is -0.232. The van der Waals surface area contributed by atoms with E-state index in [-0.39, 0.29) is 5.91 Å². The SMILES string of the molecule is Cc1cc(C)n(C(C)C(=O)Nc2cccc(C)c2C)c(=O)n1. The van der Waals surface area contributed by atoms with E-state index < -0.39 is 11.7 Å². The Morgan fingerprint density at radius 1 is 1.23 bits per heavy atom. The van der Waals surface area contributed by atoms with Gasteiger partial charge in [0.05, 0.1) is 0 Å². The van der Waals surface area contributed by atoms with Crippen LogP contribution in [0.25, 0.3) is 0 Å². The fourth-order valence-corrected chi connectivity index (χ4v) is 2.47. The summed E-state index contributed by atoms with van der Waals surface area (Å²) in [7, 11) is 0. The average molecular weight is 299 g/mol. The van der Waals surface area contributed by atoms with E-state index in [4.69, 9.17) is 0 Å². The quantitative estimate of drug-likeness (QED) is 0.947.